The van der Waals surface area contributed by atoms with Crippen LogP contribution in [0, 0.1) is 0 Å². The van der Waals surface area contributed by atoms with Gasteiger partial charge in [-0.05, 0) is 11.6 Å². The van der Waals surface area contributed by atoms with Crippen molar-refractivity contribution in [2.45, 2.75) is 0 Å². The lowest BCUT2D eigenvalue weighted by Gasteiger charge is -2.21. The summed E-state index contributed by atoms with van der Waals surface area (Å²) in [6, 6.07) is 24.5. The molecule has 0 N–H and O–H groups in total. The molecule has 1 aliphatic carbocycles. The van der Waals surface area contributed by atoms with Gasteiger partial charge in [0.2, 0.25) is 0 Å². The van der Waals surface area contributed by atoms with Gasteiger partial charge in [0.25, 0.3) is 0 Å². The van der Waals surface area contributed by atoms with Crippen molar-refractivity contribution in [1.29, 1.82) is 0 Å². The number of Topliss-reactive ketones (excluding diaryl/α,β-unsaturated/α-hetero) is 2. The maximum Gasteiger partial charge on any atom is 0.195 e. The number of allylic oxidation sites excluding steroid dienone is 2. The summed E-state index contributed by atoms with van der Waals surface area (Å²) in [5.74, 6) is -0.213. The van der Waals surface area contributed by atoms with Crippen LogP contribution in [0.5, 0.6) is 0 Å². The summed E-state index contributed by atoms with van der Waals surface area (Å²) in [6.07, 6.45) is 1.95. The maximum absolute atomic E-state index is 13.6. The minimum atomic E-state index is -0.107. The third-order valence-corrected chi connectivity index (χ3v) is 5.35. The van der Waals surface area contributed by atoms with Gasteiger partial charge in [0.1, 0.15) is 0 Å². The molecule has 0 radical (unpaired) electrons. The second-order valence-electron chi connectivity index (χ2n) is 6.99. The Kier molecular flexibility index (Phi) is 3.63. The summed E-state index contributed by atoms with van der Waals surface area (Å²) in [5.41, 5.74) is 4.47. The van der Waals surface area contributed by atoms with Gasteiger partial charge in [0, 0.05) is 52.0 Å². The summed E-state index contributed by atoms with van der Waals surface area (Å²) < 4.78 is 2.00. The molecule has 134 valence electrons. The van der Waals surface area contributed by atoms with Gasteiger partial charge in [0.15, 0.2) is 11.6 Å². The number of para-hydroxylation sites is 1. The van der Waals surface area contributed by atoms with Crippen LogP contribution < -0.4 is 0 Å². The summed E-state index contributed by atoms with van der Waals surface area (Å²) in [4.78, 5) is 27.1. The summed E-state index contributed by atoms with van der Waals surface area (Å²) in [6.45, 7) is 0. The SMILES string of the molecule is Cn1cc(C2=C(c3ccccc3)C(=O)c3ccccc3C2=O)c2ccccc21. The molecule has 3 aromatic carbocycles. The molecule has 0 atom stereocenters. The van der Waals surface area contributed by atoms with Crippen LogP contribution in [0.2, 0.25) is 0 Å². The number of aromatic nitrogens is 1. The first-order chi connectivity index (χ1) is 13.7. The Morgan fingerprint density at radius 3 is 1.89 bits per heavy atom. The second-order valence-corrected chi connectivity index (χ2v) is 6.99. The Morgan fingerprint density at radius 2 is 1.18 bits per heavy atom. The molecule has 0 aliphatic heterocycles. The van der Waals surface area contributed by atoms with Crippen LogP contribution in [0.25, 0.3) is 22.0 Å². The number of ketones is 2. The molecule has 4 aromatic rings. The summed E-state index contributed by atoms with van der Waals surface area (Å²) >= 11 is 0. The van der Waals surface area contributed by atoms with Crippen molar-refractivity contribution < 1.29 is 9.59 Å². The van der Waals surface area contributed by atoms with Crippen LogP contribution in [0.4, 0.5) is 0 Å². The predicted molar refractivity (Wildman–Crippen MR) is 111 cm³/mol. The quantitative estimate of drug-likeness (QED) is 0.493. The van der Waals surface area contributed by atoms with E-state index in [-0.39, 0.29) is 11.6 Å². The third-order valence-electron chi connectivity index (χ3n) is 5.35. The molecule has 1 aromatic heterocycles. The number of fused-ring (bicyclic) bond motifs is 2. The van der Waals surface area contributed by atoms with Gasteiger partial charge in [-0.15, -0.1) is 0 Å². The fourth-order valence-electron chi connectivity index (χ4n) is 4.05. The van der Waals surface area contributed by atoms with Crippen molar-refractivity contribution in [3.8, 4) is 0 Å². The molecule has 0 saturated heterocycles. The Labute approximate surface area is 162 Å². The Hall–Kier alpha value is -3.72. The summed E-state index contributed by atoms with van der Waals surface area (Å²) in [5, 5.41) is 0.967. The lowest BCUT2D eigenvalue weighted by Crippen LogP contribution is -2.20. The minimum Gasteiger partial charge on any atom is -0.350 e. The van der Waals surface area contributed by atoms with Crippen molar-refractivity contribution in [3.63, 3.8) is 0 Å². The molecule has 28 heavy (non-hydrogen) atoms. The second kappa shape index (κ2) is 6.17. The molecular formula is C25H17NO2. The van der Waals surface area contributed by atoms with E-state index in [0.717, 1.165) is 22.0 Å². The Bertz CT molecular complexity index is 1290. The van der Waals surface area contributed by atoms with Crippen molar-refractivity contribution >= 4 is 33.6 Å². The normalized spacial score (nSPS) is 13.9. The van der Waals surface area contributed by atoms with Crippen molar-refractivity contribution in [1.82, 2.24) is 4.57 Å². The van der Waals surface area contributed by atoms with Gasteiger partial charge >= 0.3 is 0 Å². The number of aryl methyl sites for hydroxylation is 1. The van der Waals surface area contributed by atoms with E-state index in [1.165, 1.54) is 0 Å². The van der Waals surface area contributed by atoms with E-state index >= 15 is 0 Å². The maximum atomic E-state index is 13.6. The molecule has 1 aliphatic rings. The van der Waals surface area contributed by atoms with Crippen molar-refractivity contribution in [3.05, 3.63) is 107 Å². The number of carbonyl (C=O) groups excluding carboxylic acids is 2. The fraction of sp³-hybridized carbons (Fsp3) is 0.0400. The van der Waals surface area contributed by atoms with Crippen LogP contribution in [0.15, 0.2) is 85.1 Å². The van der Waals surface area contributed by atoms with E-state index in [1.807, 2.05) is 72.4 Å². The number of carbonyl (C=O) groups is 2. The molecule has 0 bridgehead atoms. The standard InChI is InChI=1S/C25H17NO2/c1-26-15-20(17-11-7-8-14-21(17)26)23-22(16-9-3-2-4-10-16)24(27)18-12-5-6-13-19(18)25(23)28/h2-15H,1H3. The first-order valence-corrected chi connectivity index (χ1v) is 9.19. The topological polar surface area (TPSA) is 39.1 Å². The van der Waals surface area contributed by atoms with E-state index in [0.29, 0.717) is 22.3 Å². The van der Waals surface area contributed by atoms with Gasteiger partial charge in [-0.2, -0.15) is 0 Å². The first-order valence-electron chi connectivity index (χ1n) is 9.19. The van der Waals surface area contributed by atoms with E-state index in [4.69, 9.17) is 0 Å². The zero-order valence-corrected chi connectivity index (χ0v) is 15.3. The fourth-order valence-corrected chi connectivity index (χ4v) is 4.05. The van der Waals surface area contributed by atoms with Crippen LogP contribution in [-0.4, -0.2) is 16.1 Å². The molecule has 5 rings (SSSR count). The number of rotatable bonds is 2. The number of benzene rings is 3. The number of nitrogens with zero attached hydrogens (tertiary/aromatic N) is 1. The highest BCUT2D eigenvalue weighted by molar-refractivity contribution is 6.52. The van der Waals surface area contributed by atoms with Crippen LogP contribution >= 0.6 is 0 Å². The highest BCUT2D eigenvalue weighted by atomic mass is 16.1. The van der Waals surface area contributed by atoms with Gasteiger partial charge in [-0.3, -0.25) is 9.59 Å². The number of hydrogen-bond donors (Lipinski definition) is 0. The van der Waals surface area contributed by atoms with Crippen molar-refractivity contribution in [2.24, 2.45) is 7.05 Å². The Morgan fingerprint density at radius 1 is 0.607 bits per heavy atom. The lowest BCUT2D eigenvalue weighted by atomic mass is 9.78. The van der Waals surface area contributed by atoms with E-state index in [1.54, 1.807) is 24.3 Å². The third kappa shape index (κ3) is 2.30. The summed E-state index contributed by atoms with van der Waals surface area (Å²) in [7, 11) is 1.96. The van der Waals surface area contributed by atoms with E-state index < -0.39 is 0 Å². The zero-order chi connectivity index (χ0) is 19.3. The van der Waals surface area contributed by atoms with E-state index in [9.17, 15) is 9.59 Å². The molecule has 3 nitrogen and oxygen atoms in total. The monoisotopic (exact) mass is 363 g/mol. The molecule has 0 unspecified atom stereocenters. The van der Waals surface area contributed by atoms with Gasteiger partial charge in [-0.1, -0.05) is 72.8 Å². The predicted octanol–water partition coefficient (Wildman–Crippen LogP) is 5.17. The number of hydrogen-bond acceptors (Lipinski definition) is 2. The largest absolute Gasteiger partial charge is 0.350 e. The molecule has 0 fully saturated rings. The van der Waals surface area contributed by atoms with Crippen LogP contribution in [-0.2, 0) is 7.05 Å². The van der Waals surface area contributed by atoms with Crippen LogP contribution in [0.1, 0.15) is 31.8 Å². The molecule has 1 heterocycles. The Balaban J connectivity index is 1.90. The highest BCUT2D eigenvalue weighted by Crippen LogP contribution is 2.40. The van der Waals surface area contributed by atoms with Gasteiger partial charge in [-0.25, -0.2) is 0 Å². The molecule has 0 amide bonds. The zero-order valence-electron chi connectivity index (χ0n) is 15.3. The highest BCUT2D eigenvalue weighted by Gasteiger charge is 2.34. The average Bonchev–Trinajstić information content (AvgIpc) is 3.07. The molecular weight excluding hydrogens is 346 g/mol. The molecule has 0 spiro atoms. The van der Waals surface area contributed by atoms with Gasteiger partial charge < -0.3 is 4.57 Å². The first kappa shape index (κ1) is 16.5. The smallest absolute Gasteiger partial charge is 0.195 e. The molecule has 3 heteroatoms. The average molecular weight is 363 g/mol. The van der Waals surface area contributed by atoms with Crippen LogP contribution in [0.3, 0.4) is 0 Å². The van der Waals surface area contributed by atoms with Gasteiger partial charge in [0.05, 0.1) is 0 Å². The van der Waals surface area contributed by atoms with E-state index in [2.05, 4.69) is 0 Å². The lowest BCUT2D eigenvalue weighted by molar-refractivity contribution is 0.101. The minimum absolute atomic E-state index is 0.106. The van der Waals surface area contributed by atoms with Crippen molar-refractivity contribution in [2.75, 3.05) is 0 Å². The molecule has 0 saturated carbocycles.